The Hall–Kier alpha value is -2.93. The van der Waals surface area contributed by atoms with Crippen LogP contribution in [0.3, 0.4) is 0 Å². The van der Waals surface area contributed by atoms with Crippen LogP contribution >= 0.6 is 11.8 Å². The number of carbonyl (C=O) groups excluding carboxylic acids is 2. The Morgan fingerprint density at radius 2 is 1.87 bits per heavy atom. The van der Waals surface area contributed by atoms with Gasteiger partial charge >= 0.3 is 0 Å². The molecule has 2 heterocycles. The van der Waals surface area contributed by atoms with Gasteiger partial charge in [-0.2, -0.15) is 0 Å². The van der Waals surface area contributed by atoms with Crippen molar-refractivity contribution >= 4 is 45.9 Å². The maximum Gasteiger partial charge on any atom is 0.257 e. The van der Waals surface area contributed by atoms with Crippen molar-refractivity contribution in [3.05, 3.63) is 60.3 Å². The monoisotopic (exact) mass is 422 g/mol. The van der Waals surface area contributed by atoms with Crippen molar-refractivity contribution in [2.45, 2.75) is 19.9 Å². The molecule has 0 radical (unpaired) electrons. The van der Waals surface area contributed by atoms with Gasteiger partial charge in [-0.25, -0.2) is 0 Å². The van der Waals surface area contributed by atoms with Crippen molar-refractivity contribution in [2.75, 3.05) is 34.9 Å². The molecule has 1 atom stereocenters. The molecule has 6 nitrogen and oxygen atoms in total. The molecule has 156 valence electrons. The largest absolute Gasteiger partial charge is 0.372 e. The molecule has 2 aromatic carbocycles. The summed E-state index contributed by atoms with van der Waals surface area (Å²) in [5, 5.41) is 3.86. The quantitative estimate of drug-likeness (QED) is 0.626. The summed E-state index contributed by atoms with van der Waals surface area (Å²) in [6.45, 7) is 6.12. The number of aromatic amines is 1. The van der Waals surface area contributed by atoms with Crippen molar-refractivity contribution < 1.29 is 9.59 Å². The number of nitrogens with zero attached hydrogens (tertiary/aromatic N) is 2. The zero-order valence-corrected chi connectivity index (χ0v) is 18.0. The molecule has 30 heavy (non-hydrogen) atoms. The Morgan fingerprint density at radius 1 is 1.13 bits per heavy atom. The predicted octanol–water partition coefficient (Wildman–Crippen LogP) is 4.17. The van der Waals surface area contributed by atoms with Gasteiger partial charge in [-0.1, -0.05) is 18.2 Å². The Kier molecular flexibility index (Phi) is 5.99. The fourth-order valence-electron chi connectivity index (χ4n) is 3.83. The third kappa shape index (κ3) is 3.89. The summed E-state index contributed by atoms with van der Waals surface area (Å²) in [4.78, 5) is 33.2. The second kappa shape index (κ2) is 8.83. The van der Waals surface area contributed by atoms with E-state index in [4.69, 9.17) is 0 Å². The highest BCUT2D eigenvalue weighted by molar-refractivity contribution is 7.99. The van der Waals surface area contributed by atoms with Gasteiger partial charge in [-0.15, -0.1) is 11.8 Å². The van der Waals surface area contributed by atoms with Gasteiger partial charge in [0.2, 0.25) is 5.91 Å². The third-order valence-electron chi connectivity index (χ3n) is 5.53. The Morgan fingerprint density at radius 3 is 2.60 bits per heavy atom. The number of aromatic nitrogens is 1. The van der Waals surface area contributed by atoms with Gasteiger partial charge in [0.1, 0.15) is 6.04 Å². The highest BCUT2D eigenvalue weighted by Gasteiger charge is 2.36. The van der Waals surface area contributed by atoms with E-state index in [0.29, 0.717) is 17.2 Å². The number of carbonyl (C=O) groups is 2. The lowest BCUT2D eigenvalue weighted by atomic mass is 10.1. The lowest BCUT2D eigenvalue weighted by Gasteiger charge is -2.23. The van der Waals surface area contributed by atoms with Gasteiger partial charge < -0.3 is 20.1 Å². The molecule has 0 saturated carbocycles. The molecule has 2 amide bonds. The topological polar surface area (TPSA) is 68.4 Å². The lowest BCUT2D eigenvalue weighted by Crippen LogP contribution is -2.44. The van der Waals surface area contributed by atoms with Gasteiger partial charge in [-0.3, -0.25) is 9.59 Å². The molecule has 3 aromatic rings. The standard InChI is InChI=1S/C23H26N4O2S/c1-3-26(4-2)17-11-9-16(10-12-17)25-22(28)21-14-30-15-27(21)23(29)19-13-24-20-8-6-5-7-18(19)20/h5-13,21,24H,3-4,14-15H2,1-2H3,(H,25,28). The summed E-state index contributed by atoms with van der Waals surface area (Å²) in [5.41, 5.74) is 3.40. The van der Waals surface area contributed by atoms with Gasteiger partial charge in [0.05, 0.1) is 11.4 Å². The van der Waals surface area contributed by atoms with Gasteiger partial charge in [0.15, 0.2) is 0 Å². The predicted molar refractivity (Wildman–Crippen MR) is 124 cm³/mol. The maximum absolute atomic E-state index is 13.2. The number of rotatable bonds is 6. The zero-order chi connectivity index (χ0) is 21.1. The molecule has 1 fully saturated rings. The smallest absolute Gasteiger partial charge is 0.257 e. The highest BCUT2D eigenvalue weighted by atomic mass is 32.2. The van der Waals surface area contributed by atoms with E-state index in [1.165, 1.54) is 0 Å². The number of hydrogen-bond acceptors (Lipinski definition) is 4. The molecule has 2 N–H and O–H groups in total. The van der Waals surface area contributed by atoms with Crippen molar-refractivity contribution in [3.8, 4) is 0 Å². The molecule has 1 aliphatic rings. The van der Waals surface area contributed by atoms with Gasteiger partial charge in [0, 0.05) is 47.3 Å². The molecular weight excluding hydrogens is 396 g/mol. The first-order valence-corrected chi connectivity index (χ1v) is 11.4. The van der Waals surface area contributed by atoms with E-state index in [1.807, 2.05) is 48.5 Å². The van der Waals surface area contributed by atoms with E-state index in [2.05, 4.69) is 29.0 Å². The summed E-state index contributed by atoms with van der Waals surface area (Å²) >= 11 is 1.60. The normalized spacial score (nSPS) is 16.1. The van der Waals surface area contributed by atoms with Crippen LogP contribution in [0.5, 0.6) is 0 Å². The van der Waals surface area contributed by atoms with E-state index in [0.717, 1.165) is 35.4 Å². The number of thioether (sulfide) groups is 1. The van der Waals surface area contributed by atoms with Gasteiger partial charge in [-0.05, 0) is 44.2 Å². The van der Waals surface area contributed by atoms with Crippen LogP contribution in [-0.4, -0.2) is 52.5 Å². The van der Waals surface area contributed by atoms with Crippen molar-refractivity contribution in [3.63, 3.8) is 0 Å². The number of H-pyrrole nitrogens is 1. The summed E-state index contributed by atoms with van der Waals surface area (Å²) in [6, 6.07) is 15.1. The van der Waals surface area contributed by atoms with Crippen LogP contribution in [0.25, 0.3) is 10.9 Å². The van der Waals surface area contributed by atoms with Gasteiger partial charge in [0.25, 0.3) is 5.91 Å². The van der Waals surface area contributed by atoms with Crippen LogP contribution in [0.2, 0.25) is 0 Å². The summed E-state index contributed by atoms with van der Waals surface area (Å²) in [7, 11) is 0. The second-order valence-electron chi connectivity index (χ2n) is 7.25. The van der Waals surface area contributed by atoms with Crippen LogP contribution in [0.4, 0.5) is 11.4 Å². The first-order valence-electron chi connectivity index (χ1n) is 10.2. The SMILES string of the molecule is CCN(CC)c1ccc(NC(=O)C2CSCN2C(=O)c2c[nH]c3ccccc23)cc1. The first-order chi connectivity index (χ1) is 14.6. The van der Waals surface area contributed by atoms with Crippen LogP contribution in [0.1, 0.15) is 24.2 Å². The maximum atomic E-state index is 13.2. The molecule has 0 aliphatic carbocycles. The van der Waals surface area contributed by atoms with Crippen LogP contribution < -0.4 is 10.2 Å². The first kappa shape index (κ1) is 20.3. The Labute approximate surface area is 180 Å². The van der Waals surface area contributed by atoms with Crippen molar-refractivity contribution in [2.24, 2.45) is 0 Å². The second-order valence-corrected chi connectivity index (χ2v) is 8.25. The van der Waals surface area contributed by atoms with E-state index in [9.17, 15) is 9.59 Å². The zero-order valence-electron chi connectivity index (χ0n) is 17.2. The van der Waals surface area contributed by atoms with Crippen LogP contribution in [0.15, 0.2) is 54.7 Å². The Balaban J connectivity index is 1.48. The van der Waals surface area contributed by atoms with Crippen LogP contribution in [0, 0.1) is 0 Å². The van der Waals surface area contributed by atoms with Crippen LogP contribution in [-0.2, 0) is 4.79 Å². The lowest BCUT2D eigenvalue weighted by molar-refractivity contribution is -0.119. The molecule has 4 rings (SSSR count). The molecule has 7 heteroatoms. The number of anilines is 2. The van der Waals surface area contributed by atoms with E-state index < -0.39 is 6.04 Å². The average molecular weight is 423 g/mol. The molecular formula is C23H26N4O2S. The average Bonchev–Trinajstić information content (AvgIpc) is 3.43. The summed E-state index contributed by atoms with van der Waals surface area (Å²) in [5.74, 6) is 0.840. The number of nitrogens with one attached hydrogen (secondary N) is 2. The molecule has 0 spiro atoms. The number of amides is 2. The number of benzene rings is 2. The highest BCUT2D eigenvalue weighted by Crippen LogP contribution is 2.27. The Bertz CT molecular complexity index is 1040. The molecule has 0 bridgehead atoms. The fraction of sp³-hybridized carbons (Fsp3) is 0.304. The summed E-state index contributed by atoms with van der Waals surface area (Å²) in [6.07, 6.45) is 1.73. The minimum absolute atomic E-state index is 0.116. The van der Waals surface area contributed by atoms with E-state index in [-0.39, 0.29) is 11.8 Å². The minimum Gasteiger partial charge on any atom is -0.372 e. The number of hydrogen-bond donors (Lipinski definition) is 2. The molecule has 1 aromatic heterocycles. The fourth-order valence-corrected chi connectivity index (χ4v) is 4.99. The van der Waals surface area contributed by atoms with E-state index in [1.54, 1.807) is 22.9 Å². The summed E-state index contributed by atoms with van der Waals surface area (Å²) < 4.78 is 0. The number of fused-ring (bicyclic) bond motifs is 1. The van der Waals surface area contributed by atoms with Crippen molar-refractivity contribution in [1.82, 2.24) is 9.88 Å². The number of para-hydroxylation sites is 1. The minimum atomic E-state index is -0.487. The van der Waals surface area contributed by atoms with E-state index >= 15 is 0 Å². The third-order valence-corrected chi connectivity index (χ3v) is 6.54. The molecule has 1 aliphatic heterocycles. The molecule has 1 saturated heterocycles. The van der Waals surface area contributed by atoms with Crippen molar-refractivity contribution in [1.29, 1.82) is 0 Å². The molecule has 1 unspecified atom stereocenters.